The molecule has 214 valence electrons. The molecule has 0 aromatic rings. The summed E-state index contributed by atoms with van der Waals surface area (Å²) in [5.74, 6) is -0.295. The lowest BCUT2D eigenvalue weighted by atomic mass is 9.35. The van der Waals surface area contributed by atoms with Crippen molar-refractivity contribution in [2.24, 2.45) is 44.8 Å². The maximum Gasteiger partial charge on any atom is 0.226 e. The second-order valence-corrected chi connectivity index (χ2v) is 17.4. The molecule has 0 bridgehead atoms. The second-order valence-electron chi connectivity index (χ2n) is 15.4. The average molecular weight is 555 g/mol. The number of rotatable bonds is 3. The Morgan fingerprint density at radius 2 is 1.64 bits per heavy atom. The number of ketones is 2. The minimum Gasteiger partial charge on any atom is -0.307 e. The molecule has 0 spiro atoms. The topological polar surface area (TPSA) is 84.7 Å². The first-order chi connectivity index (χ1) is 17.8. The smallest absolute Gasteiger partial charge is 0.226 e. The Morgan fingerprint density at radius 1 is 1.00 bits per heavy atom. The molecule has 0 aliphatic heterocycles. The van der Waals surface area contributed by atoms with Crippen molar-refractivity contribution < 1.29 is 18.0 Å². The van der Waals surface area contributed by atoms with Gasteiger partial charge in [-0.15, -0.1) is 0 Å². The van der Waals surface area contributed by atoms with Gasteiger partial charge in [-0.1, -0.05) is 60.1 Å². The van der Waals surface area contributed by atoms with E-state index in [1.165, 1.54) is 0 Å². The summed E-state index contributed by atoms with van der Waals surface area (Å²) in [5, 5.41) is 0. The zero-order valence-corrected chi connectivity index (χ0v) is 25.8. The number of hydrogen-bond donors (Lipinski definition) is 1. The molecule has 0 saturated heterocycles. The highest BCUT2D eigenvalue weighted by atomic mass is 32.2. The highest BCUT2D eigenvalue weighted by molar-refractivity contribution is 7.89. The Kier molecular flexibility index (Phi) is 6.18. The number of hydrogen-bond acceptors (Lipinski definition) is 4. The van der Waals surface area contributed by atoms with E-state index < -0.39 is 26.4 Å². The van der Waals surface area contributed by atoms with Crippen LogP contribution in [0.5, 0.6) is 0 Å². The number of nitrogens with one attached hydrogen (secondary N) is 1. The minimum atomic E-state index is -3.45. The lowest BCUT2D eigenvalue weighted by Crippen LogP contribution is -2.69. The highest BCUT2D eigenvalue weighted by Gasteiger charge is 2.70. The molecule has 3 fully saturated rings. The maximum atomic E-state index is 14.5. The molecule has 5 aliphatic carbocycles. The average Bonchev–Trinajstić information content (AvgIpc) is 2.83. The molecule has 5 aliphatic rings. The van der Waals surface area contributed by atoms with E-state index in [0.29, 0.717) is 0 Å². The monoisotopic (exact) mass is 554 g/mol. The van der Waals surface area contributed by atoms with Crippen LogP contribution < -0.4 is 4.72 Å². The zero-order valence-electron chi connectivity index (χ0n) is 25.0. The fraction of sp³-hybridized carbons (Fsp3) is 0.781. The van der Waals surface area contributed by atoms with Gasteiger partial charge in [0.25, 0.3) is 0 Å². The molecule has 7 heteroatoms. The van der Waals surface area contributed by atoms with Crippen molar-refractivity contribution in [1.29, 1.82) is 0 Å². The number of carbonyl (C=O) groups is 2. The fourth-order valence-electron chi connectivity index (χ4n) is 10.2. The van der Waals surface area contributed by atoms with Crippen LogP contribution in [0.2, 0.25) is 0 Å². The van der Waals surface area contributed by atoms with E-state index in [1.807, 2.05) is 26.0 Å². The molecule has 0 amide bonds. The van der Waals surface area contributed by atoms with Crippen LogP contribution in [-0.4, -0.2) is 31.3 Å². The predicted molar refractivity (Wildman–Crippen MR) is 153 cm³/mol. The van der Waals surface area contributed by atoms with Crippen LogP contribution in [0.25, 0.3) is 4.85 Å². The second kappa shape index (κ2) is 8.38. The molecule has 0 unspecified atom stereocenters. The molecule has 3 saturated carbocycles. The third kappa shape index (κ3) is 3.76. The Balaban J connectivity index is 1.69. The third-order valence-electron chi connectivity index (χ3n) is 12.6. The van der Waals surface area contributed by atoms with Crippen molar-refractivity contribution in [3.63, 3.8) is 0 Å². The lowest BCUT2D eigenvalue weighted by molar-refractivity contribution is -0.159. The van der Waals surface area contributed by atoms with E-state index in [2.05, 4.69) is 44.2 Å². The summed E-state index contributed by atoms with van der Waals surface area (Å²) in [6.07, 6.45) is 9.48. The van der Waals surface area contributed by atoms with Gasteiger partial charge in [-0.25, -0.2) is 18.0 Å². The third-order valence-corrected chi connectivity index (χ3v) is 14.1. The van der Waals surface area contributed by atoms with E-state index in [9.17, 15) is 18.0 Å². The molecule has 5 rings (SSSR count). The van der Waals surface area contributed by atoms with Crippen molar-refractivity contribution in [2.75, 3.05) is 5.75 Å². The van der Waals surface area contributed by atoms with Gasteiger partial charge in [-0.3, -0.25) is 4.79 Å². The summed E-state index contributed by atoms with van der Waals surface area (Å²) < 4.78 is 29.1. The maximum absolute atomic E-state index is 14.5. The SMILES string of the molecule is [C-]#[N+]C1=C[C@]2(C)C3=CC(=O)[C@@H]4[C@@H]5CC(C)(C)CC[C@]5(NS(=O)(=O)CC)CC[C@@]4(C)[C@]3(C)CC[C@H]2C(C)(C)C1=O. The summed E-state index contributed by atoms with van der Waals surface area (Å²) in [6.45, 7) is 24.6. The quantitative estimate of drug-likeness (QED) is 0.418. The summed E-state index contributed by atoms with van der Waals surface area (Å²) in [7, 11) is -3.45. The van der Waals surface area contributed by atoms with Crippen LogP contribution >= 0.6 is 0 Å². The molecule has 1 N–H and O–H groups in total. The standard InChI is InChI=1S/C32H46N2O4S/c1-10-39(37,38)34-32-15-13-27(2,3)18-20(32)25-22(35)17-24-29(6)19-21(33-9)26(36)28(4,5)23(29)11-12-30(24,7)31(25,8)14-16-32/h17,19-20,23,25,34H,10-16,18H2,1-8H3/t20-,23-,25-,29-,30+,31+,32-/m0/s1. The van der Waals surface area contributed by atoms with Crippen molar-refractivity contribution in [3.05, 3.63) is 34.8 Å². The molecule has 0 aromatic heterocycles. The Labute approximate surface area is 235 Å². The van der Waals surface area contributed by atoms with Gasteiger partial charge in [0.1, 0.15) is 0 Å². The number of nitrogens with zero attached hydrogens (tertiary/aromatic N) is 1. The van der Waals surface area contributed by atoms with Gasteiger partial charge in [-0.2, -0.15) is 0 Å². The van der Waals surface area contributed by atoms with Crippen LogP contribution in [0.15, 0.2) is 23.4 Å². The van der Waals surface area contributed by atoms with Crippen LogP contribution in [0, 0.1) is 51.4 Å². The summed E-state index contributed by atoms with van der Waals surface area (Å²) in [5.41, 5.74) is -1.18. The van der Waals surface area contributed by atoms with Gasteiger partial charge in [0.2, 0.25) is 15.7 Å². The highest BCUT2D eigenvalue weighted by Crippen LogP contribution is 2.73. The number of fused-ring (bicyclic) bond motifs is 7. The van der Waals surface area contributed by atoms with Gasteiger partial charge < -0.3 is 4.79 Å². The normalized spacial score (nSPS) is 44.5. The Bertz CT molecular complexity index is 1350. The van der Waals surface area contributed by atoms with Gasteiger partial charge in [0, 0.05) is 22.3 Å². The van der Waals surface area contributed by atoms with Gasteiger partial charge in [0.05, 0.1) is 12.3 Å². The molecular weight excluding hydrogens is 508 g/mol. The van der Waals surface area contributed by atoms with Crippen LogP contribution in [0.4, 0.5) is 0 Å². The van der Waals surface area contributed by atoms with E-state index in [4.69, 9.17) is 6.57 Å². The van der Waals surface area contributed by atoms with E-state index in [0.717, 1.165) is 50.5 Å². The molecular formula is C32H46N2O4S. The number of allylic oxidation sites excluding steroid dienone is 4. The summed E-state index contributed by atoms with van der Waals surface area (Å²) >= 11 is 0. The largest absolute Gasteiger partial charge is 0.307 e. The Hall–Kier alpha value is -1.78. The van der Waals surface area contributed by atoms with Crippen LogP contribution in [0.1, 0.15) is 100 Å². The number of Topliss-reactive ketones (excluding diaryl/α,β-unsaturated/α-hetero) is 1. The fourth-order valence-corrected chi connectivity index (χ4v) is 11.3. The van der Waals surface area contributed by atoms with E-state index >= 15 is 0 Å². The minimum absolute atomic E-state index is 0.0166. The number of carbonyl (C=O) groups excluding carboxylic acids is 2. The van der Waals surface area contributed by atoms with E-state index in [-0.39, 0.29) is 57.0 Å². The van der Waals surface area contributed by atoms with E-state index in [1.54, 1.807) is 6.92 Å². The van der Waals surface area contributed by atoms with Crippen molar-refractivity contribution in [2.45, 2.75) is 106 Å². The zero-order chi connectivity index (χ0) is 29.0. The van der Waals surface area contributed by atoms with Gasteiger partial charge in [0.15, 0.2) is 11.6 Å². The van der Waals surface area contributed by atoms with Crippen LogP contribution in [-0.2, 0) is 19.6 Å². The first-order valence-electron chi connectivity index (χ1n) is 14.8. The molecule has 39 heavy (non-hydrogen) atoms. The van der Waals surface area contributed by atoms with Crippen molar-refractivity contribution in [3.8, 4) is 0 Å². The summed E-state index contributed by atoms with van der Waals surface area (Å²) in [6, 6.07) is 0. The summed E-state index contributed by atoms with van der Waals surface area (Å²) in [4.78, 5) is 31.3. The first-order valence-corrected chi connectivity index (χ1v) is 16.4. The van der Waals surface area contributed by atoms with Crippen molar-refractivity contribution >= 4 is 21.6 Å². The predicted octanol–water partition coefficient (Wildman–Crippen LogP) is 6.25. The molecule has 7 atom stereocenters. The Morgan fingerprint density at radius 3 is 2.26 bits per heavy atom. The first kappa shape index (κ1) is 28.7. The number of sulfonamides is 1. The van der Waals surface area contributed by atoms with Crippen LogP contribution in [0.3, 0.4) is 0 Å². The van der Waals surface area contributed by atoms with Gasteiger partial charge in [-0.05, 0) is 86.0 Å². The molecule has 0 radical (unpaired) electrons. The molecule has 0 aromatic carbocycles. The molecule has 0 heterocycles. The van der Waals surface area contributed by atoms with Crippen molar-refractivity contribution in [1.82, 2.24) is 4.72 Å². The van der Waals surface area contributed by atoms with Gasteiger partial charge >= 0.3 is 0 Å². The molecule has 6 nitrogen and oxygen atoms in total. The lowest BCUT2D eigenvalue weighted by Gasteiger charge is -2.69.